The molecule has 1 aromatic rings. The Morgan fingerprint density at radius 3 is 2.37 bits per heavy atom. The highest BCUT2D eigenvalue weighted by Crippen LogP contribution is 2.66. The molecule has 19 heavy (non-hydrogen) atoms. The highest BCUT2D eigenvalue weighted by Gasteiger charge is 2.65. The van der Waals surface area contributed by atoms with Crippen molar-refractivity contribution in [2.45, 2.75) is 43.8 Å². The van der Waals surface area contributed by atoms with Crippen LogP contribution in [0.25, 0.3) is 0 Å². The number of hydrogen-bond acceptors (Lipinski definition) is 2. The van der Waals surface area contributed by atoms with Crippen molar-refractivity contribution in [1.29, 1.82) is 0 Å². The zero-order valence-electron chi connectivity index (χ0n) is 11.3. The van der Waals surface area contributed by atoms with Crippen LogP contribution in [0.4, 0.5) is 0 Å². The van der Waals surface area contributed by atoms with Crippen molar-refractivity contribution < 1.29 is 0 Å². The first-order valence-corrected chi connectivity index (χ1v) is 7.93. The third kappa shape index (κ3) is 1.39. The summed E-state index contributed by atoms with van der Waals surface area (Å²) in [7, 11) is 0. The average Bonchev–Trinajstić information content (AvgIpc) is 2.79. The van der Waals surface area contributed by atoms with Gasteiger partial charge in [0.2, 0.25) is 0 Å². The lowest BCUT2D eigenvalue weighted by molar-refractivity contribution is 0.411. The fraction of sp³-hybridized carbons (Fsp3) is 0.647. The van der Waals surface area contributed by atoms with Crippen LogP contribution in [0.2, 0.25) is 0 Å². The molecule has 0 radical (unpaired) electrons. The van der Waals surface area contributed by atoms with E-state index in [4.69, 9.17) is 5.73 Å². The summed E-state index contributed by atoms with van der Waals surface area (Å²) in [6.07, 6.45) is 5.63. The molecule has 0 amide bonds. The monoisotopic (exact) mass is 254 g/mol. The molecule has 3 fully saturated rings. The number of nitrogens with one attached hydrogen (secondary N) is 1. The molecule has 2 bridgehead atoms. The number of rotatable bonds is 2. The first-order chi connectivity index (χ1) is 9.33. The van der Waals surface area contributed by atoms with Crippen LogP contribution in [-0.4, -0.2) is 6.04 Å². The highest BCUT2D eigenvalue weighted by molar-refractivity contribution is 5.38. The number of benzene rings is 1. The van der Waals surface area contributed by atoms with E-state index in [1.54, 1.807) is 0 Å². The number of hydrogen-bond donors (Lipinski definition) is 2. The Balaban J connectivity index is 1.37. The van der Waals surface area contributed by atoms with Crippen LogP contribution < -0.4 is 11.1 Å². The molecule has 0 spiro atoms. The fourth-order valence-electron chi connectivity index (χ4n) is 5.61. The molecule has 3 N–H and O–H groups in total. The molecule has 4 aliphatic carbocycles. The highest BCUT2D eigenvalue weighted by atomic mass is 15.1. The lowest BCUT2D eigenvalue weighted by Crippen LogP contribution is -2.27. The SMILES string of the molecule is NC1CC(NC2C3C4CCC(C4)C23)c2ccccc21. The zero-order valence-corrected chi connectivity index (χ0v) is 11.3. The molecule has 5 rings (SSSR count). The van der Waals surface area contributed by atoms with Crippen LogP contribution in [0.5, 0.6) is 0 Å². The van der Waals surface area contributed by atoms with Gasteiger partial charge in [-0.2, -0.15) is 0 Å². The molecule has 4 aliphatic rings. The maximum atomic E-state index is 6.28. The Morgan fingerprint density at radius 1 is 0.947 bits per heavy atom. The van der Waals surface area contributed by atoms with E-state index in [1.165, 1.54) is 30.4 Å². The molecular weight excluding hydrogens is 232 g/mol. The van der Waals surface area contributed by atoms with Crippen molar-refractivity contribution in [3.63, 3.8) is 0 Å². The minimum absolute atomic E-state index is 0.240. The Kier molecular flexibility index (Phi) is 2.07. The van der Waals surface area contributed by atoms with Gasteiger partial charge in [-0.15, -0.1) is 0 Å². The quantitative estimate of drug-likeness (QED) is 0.851. The third-order valence-electron chi connectivity index (χ3n) is 6.39. The summed E-state index contributed by atoms with van der Waals surface area (Å²) in [5.74, 6) is 4.14. The fourth-order valence-corrected chi connectivity index (χ4v) is 5.61. The van der Waals surface area contributed by atoms with E-state index in [0.29, 0.717) is 6.04 Å². The summed E-state index contributed by atoms with van der Waals surface area (Å²) in [4.78, 5) is 0. The number of nitrogens with two attached hydrogens (primary N) is 1. The smallest absolute Gasteiger partial charge is 0.0344 e. The minimum atomic E-state index is 0.240. The third-order valence-corrected chi connectivity index (χ3v) is 6.39. The predicted molar refractivity (Wildman–Crippen MR) is 75.5 cm³/mol. The molecule has 2 heteroatoms. The molecular formula is C17H22N2. The van der Waals surface area contributed by atoms with Crippen molar-refractivity contribution in [1.82, 2.24) is 5.32 Å². The molecule has 2 nitrogen and oxygen atoms in total. The van der Waals surface area contributed by atoms with E-state index < -0.39 is 0 Å². The van der Waals surface area contributed by atoms with Crippen LogP contribution in [0.1, 0.15) is 48.9 Å². The standard InChI is InChI=1S/C17H22N2/c18-13-8-14(12-4-2-1-3-11(12)13)19-17-15-9-5-6-10(7-9)16(15)17/h1-4,9-10,13-17,19H,5-8,18H2. The maximum absolute atomic E-state index is 6.28. The Hall–Kier alpha value is -0.860. The van der Waals surface area contributed by atoms with Gasteiger partial charge >= 0.3 is 0 Å². The second-order valence-corrected chi connectivity index (χ2v) is 7.20. The molecule has 100 valence electrons. The van der Waals surface area contributed by atoms with Gasteiger partial charge in [-0.05, 0) is 60.5 Å². The summed E-state index contributed by atoms with van der Waals surface area (Å²) >= 11 is 0. The van der Waals surface area contributed by atoms with Crippen molar-refractivity contribution in [3.05, 3.63) is 35.4 Å². The molecule has 0 heterocycles. The van der Waals surface area contributed by atoms with Gasteiger partial charge in [-0.1, -0.05) is 24.3 Å². The van der Waals surface area contributed by atoms with Gasteiger partial charge in [0, 0.05) is 18.1 Å². The predicted octanol–water partition coefficient (Wildman–Crippen LogP) is 2.77. The van der Waals surface area contributed by atoms with Gasteiger partial charge in [0.05, 0.1) is 0 Å². The lowest BCUT2D eigenvalue weighted by Gasteiger charge is -2.17. The Labute approximate surface area is 114 Å². The summed E-state index contributed by atoms with van der Waals surface area (Å²) < 4.78 is 0. The molecule has 0 aromatic heterocycles. The molecule has 3 saturated carbocycles. The van der Waals surface area contributed by atoms with E-state index >= 15 is 0 Å². The van der Waals surface area contributed by atoms with Crippen LogP contribution in [0.15, 0.2) is 24.3 Å². The van der Waals surface area contributed by atoms with E-state index in [0.717, 1.165) is 36.1 Å². The van der Waals surface area contributed by atoms with Gasteiger partial charge in [0.1, 0.15) is 0 Å². The molecule has 6 unspecified atom stereocenters. The second-order valence-electron chi connectivity index (χ2n) is 7.20. The van der Waals surface area contributed by atoms with E-state index in [2.05, 4.69) is 29.6 Å². The largest absolute Gasteiger partial charge is 0.324 e. The van der Waals surface area contributed by atoms with E-state index in [1.807, 2.05) is 0 Å². The lowest BCUT2D eigenvalue weighted by atomic mass is 10.0. The molecule has 6 atom stereocenters. The van der Waals surface area contributed by atoms with Crippen molar-refractivity contribution in [2.24, 2.45) is 29.4 Å². The second kappa shape index (κ2) is 3.62. The summed E-state index contributed by atoms with van der Waals surface area (Å²) in [5.41, 5.74) is 9.11. The van der Waals surface area contributed by atoms with Crippen LogP contribution in [0, 0.1) is 23.7 Å². The van der Waals surface area contributed by atoms with E-state index in [-0.39, 0.29) is 6.04 Å². The van der Waals surface area contributed by atoms with Crippen LogP contribution in [-0.2, 0) is 0 Å². The van der Waals surface area contributed by atoms with Gasteiger partial charge in [-0.25, -0.2) is 0 Å². The van der Waals surface area contributed by atoms with Gasteiger partial charge in [0.15, 0.2) is 0 Å². The van der Waals surface area contributed by atoms with Gasteiger partial charge in [0.25, 0.3) is 0 Å². The summed E-state index contributed by atoms with van der Waals surface area (Å²) in [6, 6.07) is 10.3. The first-order valence-electron chi connectivity index (χ1n) is 7.93. The molecule has 0 saturated heterocycles. The first kappa shape index (κ1) is 10.9. The topological polar surface area (TPSA) is 38.0 Å². The zero-order chi connectivity index (χ0) is 12.6. The average molecular weight is 254 g/mol. The minimum Gasteiger partial charge on any atom is -0.324 e. The van der Waals surface area contributed by atoms with Crippen molar-refractivity contribution in [2.75, 3.05) is 0 Å². The van der Waals surface area contributed by atoms with Crippen molar-refractivity contribution in [3.8, 4) is 0 Å². The van der Waals surface area contributed by atoms with Crippen LogP contribution >= 0.6 is 0 Å². The summed E-state index contributed by atoms with van der Waals surface area (Å²) in [6.45, 7) is 0. The van der Waals surface area contributed by atoms with Crippen molar-refractivity contribution >= 4 is 0 Å². The maximum Gasteiger partial charge on any atom is 0.0344 e. The normalized spacial score (nSPS) is 49.2. The number of fused-ring (bicyclic) bond motifs is 6. The molecule has 1 aromatic carbocycles. The van der Waals surface area contributed by atoms with Gasteiger partial charge in [-0.3, -0.25) is 0 Å². The van der Waals surface area contributed by atoms with Gasteiger partial charge < -0.3 is 11.1 Å². The Morgan fingerprint density at radius 2 is 1.63 bits per heavy atom. The van der Waals surface area contributed by atoms with E-state index in [9.17, 15) is 0 Å². The Bertz CT molecular complexity index is 510. The summed E-state index contributed by atoms with van der Waals surface area (Å²) in [5, 5.41) is 3.96. The van der Waals surface area contributed by atoms with Crippen LogP contribution in [0.3, 0.4) is 0 Å². The molecule has 0 aliphatic heterocycles.